The molecule has 0 aromatic heterocycles. The van der Waals surface area contributed by atoms with Gasteiger partial charge in [-0.2, -0.15) is 0 Å². The first kappa shape index (κ1) is 21.6. The Morgan fingerprint density at radius 1 is 0.515 bits per heavy atom. The first-order chi connectivity index (χ1) is 16.2. The van der Waals surface area contributed by atoms with Crippen molar-refractivity contribution in [1.29, 1.82) is 0 Å². The molecule has 2 amide bonds. The Labute approximate surface area is 207 Å². The number of alkyl halides is 1. The van der Waals surface area contributed by atoms with Crippen LogP contribution < -0.4 is 0 Å². The molecule has 162 valence electrons. The minimum Gasteiger partial charge on any atom is -0.269 e. The average molecular weight is 543 g/mol. The molecule has 0 saturated carbocycles. The Balaban J connectivity index is 1.71. The van der Waals surface area contributed by atoms with Crippen LogP contribution in [0.15, 0.2) is 115 Å². The first-order valence-corrected chi connectivity index (χ1v) is 12.2. The molecule has 33 heavy (non-hydrogen) atoms. The highest BCUT2D eigenvalue weighted by atomic mass is 127. The maximum absolute atomic E-state index is 13.6. The van der Waals surface area contributed by atoms with E-state index in [0.717, 1.165) is 16.7 Å². The normalized spacial score (nSPS) is 15.7. The summed E-state index contributed by atoms with van der Waals surface area (Å²) in [5.41, 5.74) is 4.13. The van der Waals surface area contributed by atoms with Gasteiger partial charge < -0.3 is 0 Å². The topological polar surface area (TPSA) is 37.4 Å². The van der Waals surface area contributed by atoms with Crippen LogP contribution in [-0.4, -0.2) is 16.7 Å². The van der Waals surface area contributed by atoms with E-state index in [9.17, 15) is 9.59 Å². The van der Waals surface area contributed by atoms with Gasteiger partial charge in [0.2, 0.25) is 0 Å². The molecule has 3 atom stereocenters. The number of imide groups is 1. The molecule has 1 aliphatic rings. The molecule has 0 saturated heterocycles. The summed E-state index contributed by atoms with van der Waals surface area (Å²) in [5, 5.41) is 0. The summed E-state index contributed by atoms with van der Waals surface area (Å²) in [5.74, 6) is -0.608. The second kappa shape index (κ2) is 9.32. The van der Waals surface area contributed by atoms with E-state index in [1.165, 1.54) is 4.90 Å². The van der Waals surface area contributed by atoms with Crippen molar-refractivity contribution in [2.45, 2.75) is 15.9 Å². The van der Waals surface area contributed by atoms with Crippen molar-refractivity contribution in [1.82, 2.24) is 4.90 Å². The zero-order chi connectivity index (χ0) is 22.8. The SMILES string of the molecule is O=C1c2ccccc2C(=O)N1[C@H](c1ccccc1)[C@H](c1ccccc1)[C@@H](I)c1ccccc1. The van der Waals surface area contributed by atoms with E-state index in [1.54, 1.807) is 12.1 Å². The third kappa shape index (κ3) is 4.00. The molecular weight excluding hydrogens is 521 g/mol. The number of fused-ring (bicyclic) bond motifs is 1. The van der Waals surface area contributed by atoms with Gasteiger partial charge in [-0.25, -0.2) is 0 Å². The van der Waals surface area contributed by atoms with Crippen LogP contribution in [0.3, 0.4) is 0 Å². The van der Waals surface area contributed by atoms with Crippen molar-refractivity contribution in [2.24, 2.45) is 0 Å². The highest BCUT2D eigenvalue weighted by Crippen LogP contribution is 2.50. The molecule has 4 heteroatoms. The largest absolute Gasteiger partial charge is 0.269 e. The van der Waals surface area contributed by atoms with Gasteiger partial charge in [-0.15, -0.1) is 0 Å². The van der Waals surface area contributed by atoms with E-state index in [4.69, 9.17) is 0 Å². The van der Waals surface area contributed by atoms with E-state index >= 15 is 0 Å². The fourth-order valence-corrected chi connectivity index (χ4v) is 5.88. The standard InChI is InChI=1S/C29H22INO2/c30-26(21-14-6-2-7-15-21)25(20-12-4-1-5-13-20)27(22-16-8-3-9-17-22)31-28(32)23-18-10-11-19-24(23)29(31)33/h1-19,25-27H/t25-,26+,27-/m1/s1. The summed E-state index contributed by atoms with van der Waals surface area (Å²) in [6.45, 7) is 0. The monoisotopic (exact) mass is 543 g/mol. The lowest BCUT2D eigenvalue weighted by molar-refractivity contribution is 0.0556. The lowest BCUT2D eigenvalue weighted by Gasteiger charge is -2.37. The Morgan fingerprint density at radius 3 is 1.39 bits per heavy atom. The van der Waals surface area contributed by atoms with Crippen molar-refractivity contribution >= 4 is 34.4 Å². The molecule has 3 nitrogen and oxygen atoms in total. The van der Waals surface area contributed by atoms with Crippen LogP contribution in [0.4, 0.5) is 0 Å². The molecule has 0 N–H and O–H groups in total. The number of hydrogen-bond donors (Lipinski definition) is 0. The number of benzene rings is 4. The molecule has 1 aliphatic heterocycles. The third-order valence-electron chi connectivity index (χ3n) is 6.20. The zero-order valence-corrected chi connectivity index (χ0v) is 20.0. The highest BCUT2D eigenvalue weighted by molar-refractivity contribution is 14.1. The predicted octanol–water partition coefficient (Wildman–Crippen LogP) is 6.98. The molecule has 5 rings (SSSR count). The van der Waals surface area contributed by atoms with E-state index in [2.05, 4.69) is 46.9 Å². The van der Waals surface area contributed by atoms with Gasteiger partial charge in [0.05, 0.1) is 17.2 Å². The Kier molecular flexibility index (Phi) is 6.09. The van der Waals surface area contributed by atoms with Crippen molar-refractivity contribution in [3.05, 3.63) is 143 Å². The molecule has 0 radical (unpaired) electrons. The zero-order valence-electron chi connectivity index (χ0n) is 17.8. The fraction of sp³-hybridized carbons (Fsp3) is 0.103. The predicted molar refractivity (Wildman–Crippen MR) is 139 cm³/mol. The Bertz CT molecular complexity index is 1240. The second-order valence-electron chi connectivity index (χ2n) is 8.13. The number of halogens is 1. The Morgan fingerprint density at radius 2 is 0.909 bits per heavy atom. The van der Waals surface area contributed by atoms with Gasteiger partial charge in [-0.3, -0.25) is 14.5 Å². The highest BCUT2D eigenvalue weighted by Gasteiger charge is 2.45. The molecule has 4 aromatic carbocycles. The van der Waals surface area contributed by atoms with E-state index in [0.29, 0.717) is 11.1 Å². The number of carbonyl (C=O) groups excluding carboxylic acids is 2. The van der Waals surface area contributed by atoms with Gasteiger partial charge in [0.25, 0.3) is 11.8 Å². The van der Waals surface area contributed by atoms with E-state index in [1.807, 2.05) is 78.9 Å². The minimum atomic E-state index is -0.455. The molecule has 0 aliphatic carbocycles. The summed E-state index contributed by atoms with van der Waals surface area (Å²) in [6, 6.07) is 37.0. The second-order valence-corrected chi connectivity index (χ2v) is 9.47. The number of carbonyl (C=O) groups is 2. The lowest BCUT2D eigenvalue weighted by atomic mass is 9.81. The summed E-state index contributed by atoms with van der Waals surface area (Å²) < 4.78 is 0.0284. The lowest BCUT2D eigenvalue weighted by Crippen LogP contribution is -2.38. The summed E-state index contributed by atoms with van der Waals surface area (Å²) in [4.78, 5) is 28.7. The maximum Gasteiger partial charge on any atom is 0.262 e. The van der Waals surface area contributed by atoms with Crippen molar-refractivity contribution in [3.8, 4) is 0 Å². The molecule has 0 bridgehead atoms. The maximum atomic E-state index is 13.6. The van der Waals surface area contributed by atoms with Gasteiger partial charge in [0, 0.05) is 9.84 Å². The average Bonchev–Trinajstić information content (AvgIpc) is 3.13. The molecule has 4 aromatic rings. The summed E-state index contributed by atoms with van der Waals surface area (Å²) >= 11 is 2.47. The van der Waals surface area contributed by atoms with Crippen molar-refractivity contribution < 1.29 is 9.59 Å². The van der Waals surface area contributed by atoms with Crippen LogP contribution in [0.2, 0.25) is 0 Å². The van der Waals surface area contributed by atoms with Gasteiger partial charge in [0.15, 0.2) is 0 Å². The minimum absolute atomic E-state index is 0.0284. The summed E-state index contributed by atoms with van der Waals surface area (Å²) in [7, 11) is 0. The molecule has 0 spiro atoms. The van der Waals surface area contributed by atoms with Crippen LogP contribution in [-0.2, 0) is 0 Å². The van der Waals surface area contributed by atoms with E-state index in [-0.39, 0.29) is 21.7 Å². The van der Waals surface area contributed by atoms with Gasteiger partial charge >= 0.3 is 0 Å². The fourth-order valence-electron chi connectivity index (χ4n) is 4.66. The van der Waals surface area contributed by atoms with Crippen LogP contribution >= 0.6 is 22.6 Å². The van der Waals surface area contributed by atoms with Gasteiger partial charge in [-0.05, 0) is 28.8 Å². The van der Waals surface area contributed by atoms with Gasteiger partial charge in [0.1, 0.15) is 0 Å². The molecular formula is C29H22INO2. The van der Waals surface area contributed by atoms with Crippen LogP contribution in [0.5, 0.6) is 0 Å². The quantitative estimate of drug-likeness (QED) is 0.150. The molecule has 1 heterocycles. The smallest absolute Gasteiger partial charge is 0.262 e. The number of hydrogen-bond acceptors (Lipinski definition) is 2. The number of rotatable bonds is 6. The van der Waals surface area contributed by atoms with Crippen LogP contribution in [0, 0.1) is 0 Å². The number of amides is 2. The number of nitrogens with zero attached hydrogens (tertiary/aromatic N) is 1. The summed E-state index contributed by atoms with van der Waals surface area (Å²) in [6.07, 6.45) is 0. The third-order valence-corrected chi connectivity index (χ3v) is 7.70. The molecule has 0 fully saturated rings. The van der Waals surface area contributed by atoms with Gasteiger partial charge in [-0.1, -0.05) is 126 Å². The first-order valence-electron chi connectivity index (χ1n) is 10.9. The van der Waals surface area contributed by atoms with Crippen LogP contribution in [0.25, 0.3) is 0 Å². The molecule has 0 unspecified atom stereocenters. The van der Waals surface area contributed by atoms with Crippen LogP contribution in [0.1, 0.15) is 53.3 Å². The Hall–Kier alpha value is -3.25. The van der Waals surface area contributed by atoms with E-state index < -0.39 is 6.04 Å². The van der Waals surface area contributed by atoms with Crippen molar-refractivity contribution in [3.63, 3.8) is 0 Å². The van der Waals surface area contributed by atoms with Crippen molar-refractivity contribution in [2.75, 3.05) is 0 Å².